The van der Waals surface area contributed by atoms with Crippen LogP contribution < -0.4 is 0 Å². The van der Waals surface area contributed by atoms with Crippen LogP contribution in [0.25, 0.3) is 56.1 Å². The van der Waals surface area contributed by atoms with E-state index < -0.39 is 23.8 Å². The second-order valence-electron chi connectivity index (χ2n) is 11.9. The molecule has 0 amide bonds. The number of fused-ring (bicyclic) bond motifs is 2. The maximum atomic E-state index is 13.8. The summed E-state index contributed by atoms with van der Waals surface area (Å²) in [5.41, 5.74) is 8.62. The van der Waals surface area contributed by atoms with Gasteiger partial charge in [-0.2, -0.15) is 0 Å². The van der Waals surface area contributed by atoms with Gasteiger partial charge in [-0.25, -0.2) is 18.7 Å². The number of rotatable bonds is 7. The normalized spacial score (nSPS) is 12.6. The molecule has 8 aromatic rings. The number of nitrogens with zero attached hydrogens (tertiary/aromatic N) is 4. The minimum absolute atomic E-state index is 0. The van der Waals surface area contributed by atoms with Gasteiger partial charge in [0.05, 0.1) is 16.4 Å². The van der Waals surface area contributed by atoms with Gasteiger partial charge in [0, 0.05) is 35.9 Å². The van der Waals surface area contributed by atoms with Crippen LogP contribution in [0.5, 0.6) is 0 Å². The summed E-state index contributed by atoms with van der Waals surface area (Å²) in [5, 5.41) is 23.3. The molecule has 4 heterocycles. The molecule has 4 aromatic carbocycles. The van der Waals surface area contributed by atoms with Crippen LogP contribution in [0.1, 0.15) is 23.3 Å². The molecule has 0 fully saturated rings. The van der Waals surface area contributed by atoms with Crippen molar-refractivity contribution in [3.05, 3.63) is 168 Å². The fourth-order valence-electron chi connectivity index (χ4n) is 6.09. The third kappa shape index (κ3) is 6.26. The van der Waals surface area contributed by atoms with E-state index in [0.717, 1.165) is 51.3 Å². The lowest BCUT2D eigenvalue weighted by molar-refractivity contribution is 0.0173. The Morgan fingerprint density at radius 1 is 0.520 bits per heavy atom. The van der Waals surface area contributed by atoms with Gasteiger partial charge in [-0.05, 0) is 94.0 Å². The first-order valence-corrected chi connectivity index (χ1v) is 15.9. The molecule has 8 rings (SSSR count). The third-order valence-corrected chi connectivity index (χ3v) is 9.02. The van der Waals surface area contributed by atoms with Crippen LogP contribution in [-0.4, -0.2) is 29.0 Å². The number of halogens is 4. The maximum Gasteiger partial charge on any atom is 0.159 e. The van der Waals surface area contributed by atoms with E-state index in [-0.39, 0.29) is 12.4 Å². The third-order valence-electron chi connectivity index (χ3n) is 8.69. The first-order valence-electron chi connectivity index (χ1n) is 15.6. The summed E-state index contributed by atoms with van der Waals surface area (Å²) in [5.74, 6) is -1.84. The number of benzene rings is 4. The number of pyridine rings is 2. The Hall–Kier alpha value is -5.38. The van der Waals surface area contributed by atoms with Gasteiger partial charge >= 0.3 is 0 Å². The van der Waals surface area contributed by atoms with Crippen molar-refractivity contribution in [2.75, 3.05) is 0 Å². The fourth-order valence-corrected chi connectivity index (χ4v) is 6.32. The first-order chi connectivity index (χ1) is 23.8. The predicted molar refractivity (Wildman–Crippen MR) is 194 cm³/mol. The molecular formula is C40H28Cl2F2N4O2. The molecule has 0 aliphatic carbocycles. The van der Waals surface area contributed by atoms with Crippen molar-refractivity contribution < 1.29 is 19.0 Å². The topological polar surface area (TPSA) is 75.1 Å². The zero-order chi connectivity index (χ0) is 33.6. The molecule has 2 N–H and O–H groups in total. The number of aliphatic hydroxyl groups is 2. The van der Waals surface area contributed by atoms with Gasteiger partial charge in [-0.1, -0.05) is 66.2 Å². The molecule has 0 aliphatic heterocycles. The summed E-state index contributed by atoms with van der Waals surface area (Å²) in [6.45, 7) is 0. The van der Waals surface area contributed by atoms with Crippen molar-refractivity contribution in [1.29, 1.82) is 0 Å². The average Bonchev–Trinajstić information content (AvgIpc) is 3.76. The van der Waals surface area contributed by atoms with Crippen LogP contribution >= 0.6 is 24.0 Å². The fraction of sp³-hybridized carbons (Fsp3) is 0.0500. The zero-order valence-corrected chi connectivity index (χ0v) is 27.7. The summed E-state index contributed by atoms with van der Waals surface area (Å²) in [6, 6.07) is 33.8. The molecule has 0 radical (unpaired) electrons. The molecule has 10 heteroatoms. The van der Waals surface area contributed by atoms with E-state index in [0.29, 0.717) is 33.1 Å². The highest BCUT2D eigenvalue weighted by atomic mass is 35.5. The first kappa shape index (κ1) is 33.1. The second-order valence-corrected chi connectivity index (χ2v) is 12.3. The lowest BCUT2D eigenvalue weighted by Gasteiger charge is -2.20. The smallest absolute Gasteiger partial charge is 0.159 e. The predicted octanol–water partition coefficient (Wildman–Crippen LogP) is 9.77. The second kappa shape index (κ2) is 13.5. The molecule has 248 valence electrons. The van der Waals surface area contributed by atoms with Crippen molar-refractivity contribution in [2.24, 2.45) is 0 Å². The van der Waals surface area contributed by atoms with Crippen molar-refractivity contribution in [2.45, 2.75) is 12.2 Å². The van der Waals surface area contributed by atoms with Gasteiger partial charge < -0.3 is 19.0 Å². The Balaban J connectivity index is 0.00000392. The van der Waals surface area contributed by atoms with Gasteiger partial charge in [-0.3, -0.25) is 0 Å². The summed E-state index contributed by atoms with van der Waals surface area (Å²) in [4.78, 5) is 9.26. The van der Waals surface area contributed by atoms with E-state index in [2.05, 4.69) is 4.98 Å². The molecule has 0 saturated heterocycles. The molecule has 4 aromatic heterocycles. The van der Waals surface area contributed by atoms with Gasteiger partial charge in [0.1, 0.15) is 23.5 Å². The summed E-state index contributed by atoms with van der Waals surface area (Å²) in [6.07, 6.45) is 5.17. The molecule has 50 heavy (non-hydrogen) atoms. The maximum absolute atomic E-state index is 13.8. The molecule has 0 spiro atoms. The lowest BCUT2D eigenvalue weighted by Crippen LogP contribution is -2.10. The van der Waals surface area contributed by atoms with Crippen molar-refractivity contribution in [1.82, 2.24) is 18.8 Å². The zero-order valence-electron chi connectivity index (χ0n) is 26.2. The minimum Gasteiger partial charge on any atom is -0.385 e. The Morgan fingerprint density at radius 3 is 1.64 bits per heavy atom. The number of hydrogen-bond donors (Lipinski definition) is 2. The van der Waals surface area contributed by atoms with Gasteiger partial charge in [0.25, 0.3) is 0 Å². The van der Waals surface area contributed by atoms with E-state index in [1.54, 1.807) is 18.3 Å². The number of imidazole rings is 2. The highest BCUT2D eigenvalue weighted by Crippen LogP contribution is 2.34. The summed E-state index contributed by atoms with van der Waals surface area (Å²) < 4.78 is 31.0. The van der Waals surface area contributed by atoms with Gasteiger partial charge in [-0.15, -0.1) is 12.4 Å². The van der Waals surface area contributed by atoms with Gasteiger partial charge in [0.2, 0.25) is 0 Å². The highest BCUT2D eigenvalue weighted by Gasteiger charge is 2.22. The van der Waals surface area contributed by atoms with Crippen molar-refractivity contribution in [3.63, 3.8) is 0 Å². The SMILES string of the molecule is Cl.OC(c1cccc(-c2ccc3nc(-c4ccc(F)c(F)c4)cn3c2)c1)C(O)c1cccc(-c2ccc3nc(-c4ccccc4Cl)cn3c2)c1. The van der Waals surface area contributed by atoms with Crippen molar-refractivity contribution in [3.8, 4) is 44.8 Å². The van der Waals surface area contributed by atoms with E-state index in [1.807, 2.05) is 112 Å². The Labute approximate surface area is 296 Å². The molecule has 0 aliphatic rings. The van der Waals surface area contributed by atoms with Crippen LogP contribution in [0, 0.1) is 11.6 Å². The Bertz CT molecular complexity index is 2510. The Kier molecular flexibility index (Phi) is 8.94. The molecule has 0 bridgehead atoms. The quantitative estimate of drug-likeness (QED) is 0.173. The van der Waals surface area contributed by atoms with E-state index >= 15 is 0 Å². The van der Waals surface area contributed by atoms with E-state index in [1.165, 1.54) is 6.07 Å². The molecular weight excluding hydrogens is 677 g/mol. The van der Waals surface area contributed by atoms with Crippen LogP contribution in [0.4, 0.5) is 8.78 Å². The van der Waals surface area contributed by atoms with Crippen LogP contribution in [-0.2, 0) is 0 Å². The Morgan fingerprint density at radius 2 is 1.06 bits per heavy atom. The van der Waals surface area contributed by atoms with Crippen LogP contribution in [0.3, 0.4) is 0 Å². The van der Waals surface area contributed by atoms with Crippen molar-refractivity contribution >= 4 is 35.3 Å². The largest absolute Gasteiger partial charge is 0.385 e. The number of hydrogen-bond acceptors (Lipinski definition) is 4. The molecule has 2 unspecified atom stereocenters. The summed E-state index contributed by atoms with van der Waals surface area (Å²) >= 11 is 6.40. The monoisotopic (exact) mass is 704 g/mol. The lowest BCUT2D eigenvalue weighted by atomic mass is 9.94. The molecule has 2 atom stereocenters. The summed E-state index contributed by atoms with van der Waals surface area (Å²) in [7, 11) is 0. The number of aromatic nitrogens is 4. The minimum atomic E-state index is -1.19. The number of aliphatic hydroxyl groups excluding tert-OH is 2. The molecule has 6 nitrogen and oxygen atoms in total. The van der Waals surface area contributed by atoms with Crippen LogP contribution in [0.15, 0.2) is 140 Å². The van der Waals surface area contributed by atoms with E-state index in [9.17, 15) is 19.0 Å². The average molecular weight is 706 g/mol. The highest BCUT2D eigenvalue weighted by molar-refractivity contribution is 6.33. The van der Waals surface area contributed by atoms with Crippen LogP contribution in [0.2, 0.25) is 5.02 Å². The van der Waals surface area contributed by atoms with E-state index in [4.69, 9.17) is 16.6 Å². The van der Waals surface area contributed by atoms with Gasteiger partial charge in [0.15, 0.2) is 11.6 Å². The standard InChI is InChI=1S/C40H27ClF2N4O2.ClH/c41-32-10-2-1-9-31(32)36-23-47-21-30(13-16-38(47)45-36)25-6-4-8-28(18-25)40(49)39(48)27-7-3-5-24(17-27)29-12-15-37-44-35(22-46(37)20-29)26-11-14-33(42)34(43)19-26;/h1-23,39-40,48-49H;1H. The molecule has 0 saturated carbocycles.